The van der Waals surface area contributed by atoms with Gasteiger partial charge in [-0.15, -0.1) is 0 Å². The number of nitrogens with one attached hydrogen (secondary N) is 2. The number of anilines is 1. The number of nitrogens with zero attached hydrogens (tertiary/aromatic N) is 2. The standard InChI is InChI=1S/C20H18F4N4O5S/c1-19(30,9-34(31,32)11-3-4-12(14(21)6-11)17(29)26-2)16-18(33-16)28-10-5-13(20(22,23)24)15(7-25)27-8-10/h3-6,8,16,18,28,30H,9H2,1-2H3,(H,26,29). The van der Waals surface area contributed by atoms with Gasteiger partial charge in [0.05, 0.1) is 33.7 Å². The normalized spacial score (nSPS) is 19.6. The molecular formula is C20H18F4N4O5S. The lowest BCUT2D eigenvalue weighted by Crippen LogP contribution is -2.41. The highest BCUT2D eigenvalue weighted by atomic mass is 32.2. The minimum absolute atomic E-state index is 0.163. The van der Waals surface area contributed by atoms with Crippen molar-refractivity contribution in [2.24, 2.45) is 0 Å². The maximum Gasteiger partial charge on any atom is 0.419 e. The summed E-state index contributed by atoms with van der Waals surface area (Å²) in [6, 6.07) is 4.65. The summed E-state index contributed by atoms with van der Waals surface area (Å²) >= 11 is 0. The van der Waals surface area contributed by atoms with Crippen molar-refractivity contribution >= 4 is 21.4 Å². The highest BCUT2D eigenvalue weighted by Crippen LogP contribution is 2.37. The van der Waals surface area contributed by atoms with Gasteiger partial charge in [-0.3, -0.25) is 4.79 Å². The Morgan fingerprint density at radius 3 is 2.56 bits per heavy atom. The fourth-order valence-corrected chi connectivity index (χ4v) is 4.93. The van der Waals surface area contributed by atoms with Gasteiger partial charge in [0.2, 0.25) is 0 Å². The van der Waals surface area contributed by atoms with Crippen molar-refractivity contribution in [3.8, 4) is 6.07 Å². The van der Waals surface area contributed by atoms with Crippen LogP contribution < -0.4 is 10.6 Å². The summed E-state index contributed by atoms with van der Waals surface area (Å²) in [5.74, 6) is -2.73. The molecule has 1 amide bonds. The molecule has 2 heterocycles. The summed E-state index contributed by atoms with van der Waals surface area (Å²) in [7, 11) is -2.97. The third-order valence-electron chi connectivity index (χ3n) is 4.97. The molecule has 182 valence electrons. The number of sulfone groups is 1. The van der Waals surface area contributed by atoms with Crippen molar-refractivity contribution < 1.29 is 40.6 Å². The molecule has 0 saturated carbocycles. The van der Waals surface area contributed by atoms with Crippen LogP contribution in [0.25, 0.3) is 0 Å². The Morgan fingerprint density at radius 2 is 2.00 bits per heavy atom. The summed E-state index contributed by atoms with van der Waals surface area (Å²) < 4.78 is 84.1. The van der Waals surface area contributed by atoms with Crippen LogP contribution in [-0.4, -0.2) is 55.1 Å². The van der Waals surface area contributed by atoms with Crippen LogP contribution in [0.15, 0.2) is 35.4 Å². The molecule has 1 aliphatic heterocycles. The van der Waals surface area contributed by atoms with Gasteiger partial charge in [-0.25, -0.2) is 17.8 Å². The summed E-state index contributed by atoms with van der Waals surface area (Å²) in [6.45, 7) is 1.14. The number of amides is 1. The van der Waals surface area contributed by atoms with Crippen molar-refractivity contribution in [2.45, 2.75) is 35.9 Å². The Bertz CT molecular complexity index is 1270. The number of aromatic nitrogens is 1. The molecule has 3 unspecified atom stereocenters. The Hall–Kier alpha value is -3.28. The number of epoxide rings is 1. The Kier molecular flexibility index (Phi) is 6.57. The van der Waals surface area contributed by atoms with Crippen LogP contribution in [0.3, 0.4) is 0 Å². The van der Waals surface area contributed by atoms with E-state index in [9.17, 15) is 35.9 Å². The van der Waals surface area contributed by atoms with Crippen LogP contribution in [0.2, 0.25) is 0 Å². The molecule has 0 spiro atoms. The number of rotatable bonds is 7. The molecule has 1 fully saturated rings. The summed E-state index contributed by atoms with van der Waals surface area (Å²) in [4.78, 5) is 14.5. The fraction of sp³-hybridized carbons (Fsp3) is 0.350. The number of halogens is 4. The largest absolute Gasteiger partial charge is 0.419 e. The second-order valence-electron chi connectivity index (χ2n) is 7.69. The molecule has 0 bridgehead atoms. The van der Waals surface area contributed by atoms with E-state index in [1.165, 1.54) is 13.1 Å². The quantitative estimate of drug-likeness (QED) is 0.384. The highest BCUT2D eigenvalue weighted by molar-refractivity contribution is 7.91. The predicted octanol–water partition coefficient (Wildman–Crippen LogP) is 1.83. The van der Waals surface area contributed by atoms with Crippen LogP contribution in [0, 0.1) is 17.1 Å². The number of ether oxygens (including phenoxy) is 1. The number of benzene rings is 1. The van der Waals surface area contributed by atoms with E-state index in [-0.39, 0.29) is 11.3 Å². The van der Waals surface area contributed by atoms with E-state index in [0.29, 0.717) is 12.1 Å². The van der Waals surface area contributed by atoms with Crippen molar-refractivity contribution in [3.05, 3.63) is 53.1 Å². The van der Waals surface area contributed by atoms with Crippen LogP contribution >= 0.6 is 0 Å². The molecule has 1 saturated heterocycles. The maximum atomic E-state index is 14.2. The van der Waals surface area contributed by atoms with E-state index in [1.807, 2.05) is 0 Å². The fourth-order valence-electron chi connectivity index (χ4n) is 3.27. The molecule has 0 aliphatic carbocycles. The number of carbonyl (C=O) groups is 1. The number of hydrogen-bond donors (Lipinski definition) is 3. The smallest absolute Gasteiger partial charge is 0.386 e. The number of hydrogen-bond acceptors (Lipinski definition) is 8. The van der Waals surface area contributed by atoms with E-state index in [0.717, 1.165) is 25.3 Å². The van der Waals surface area contributed by atoms with Gasteiger partial charge in [0.25, 0.3) is 5.91 Å². The Morgan fingerprint density at radius 1 is 1.32 bits per heavy atom. The van der Waals surface area contributed by atoms with Crippen molar-refractivity contribution in [3.63, 3.8) is 0 Å². The summed E-state index contributed by atoms with van der Waals surface area (Å²) in [6.07, 6.45) is -6.05. The summed E-state index contributed by atoms with van der Waals surface area (Å²) in [5.41, 5.74) is -4.63. The first-order valence-corrected chi connectivity index (χ1v) is 11.2. The topological polar surface area (TPSA) is 145 Å². The Labute approximate surface area is 191 Å². The van der Waals surface area contributed by atoms with Gasteiger partial charge in [-0.1, -0.05) is 0 Å². The molecule has 34 heavy (non-hydrogen) atoms. The van der Waals surface area contributed by atoms with Gasteiger partial charge in [-0.2, -0.15) is 18.4 Å². The average molecular weight is 502 g/mol. The SMILES string of the molecule is CNC(=O)c1ccc(S(=O)(=O)CC(C)(O)C2OC2Nc2cnc(C#N)c(C(F)(F)F)c2)cc1F. The third-order valence-corrected chi connectivity index (χ3v) is 6.90. The van der Waals surface area contributed by atoms with Crippen molar-refractivity contribution in [1.82, 2.24) is 10.3 Å². The molecule has 14 heteroatoms. The van der Waals surface area contributed by atoms with E-state index >= 15 is 0 Å². The third kappa shape index (κ3) is 5.27. The minimum atomic E-state index is -4.83. The molecule has 3 N–H and O–H groups in total. The van der Waals surface area contributed by atoms with Crippen molar-refractivity contribution in [1.29, 1.82) is 5.26 Å². The number of aliphatic hydroxyl groups is 1. The summed E-state index contributed by atoms with van der Waals surface area (Å²) in [5, 5.41) is 24.2. The number of carbonyl (C=O) groups excluding carboxylic acids is 1. The maximum absolute atomic E-state index is 14.2. The monoisotopic (exact) mass is 502 g/mol. The molecule has 3 rings (SSSR count). The van der Waals surface area contributed by atoms with Gasteiger partial charge >= 0.3 is 6.18 Å². The van der Waals surface area contributed by atoms with Gasteiger partial charge in [-0.05, 0) is 31.2 Å². The molecular weight excluding hydrogens is 484 g/mol. The zero-order chi connectivity index (χ0) is 25.5. The first-order chi connectivity index (χ1) is 15.7. The highest BCUT2D eigenvalue weighted by Gasteiger charge is 2.54. The molecule has 0 radical (unpaired) electrons. The predicted molar refractivity (Wildman–Crippen MR) is 109 cm³/mol. The molecule has 9 nitrogen and oxygen atoms in total. The second-order valence-corrected chi connectivity index (χ2v) is 9.68. The number of nitriles is 1. The molecule has 1 aliphatic rings. The van der Waals surface area contributed by atoms with Gasteiger partial charge in [0.15, 0.2) is 21.8 Å². The van der Waals surface area contributed by atoms with E-state index in [1.54, 1.807) is 0 Å². The molecule has 1 aromatic carbocycles. The van der Waals surface area contributed by atoms with E-state index < -0.39 is 67.6 Å². The van der Waals surface area contributed by atoms with E-state index in [2.05, 4.69) is 15.6 Å². The first-order valence-electron chi connectivity index (χ1n) is 9.55. The lowest BCUT2D eigenvalue weighted by molar-refractivity contribution is -0.138. The lowest BCUT2D eigenvalue weighted by atomic mass is 10.1. The number of pyridine rings is 1. The van der Waals surface area contributed by atoms with Crippen LogP contribution in [0.4, 0.5) is 23.2 Å². The second kappa shape index (κ2) is 8.82. The van der Waals surface area contributed by atoms with Crippen LogP contribution in [0.5, 0.6) is 0 Å². The van der Waals surface area contributed by atoms with Crippen molar-refractivity contribution in [2.75, 3.05) is 18.1 Å². The minimum Gasteiger partial charge on any atom is -0.386 e. The lowest BCUT2D eigenvalue weighted by Gasteiger charge is -2.21. The van der Waals surface area contributed by atoms with Crippen LogP contribution in [-0.2, 0) is 20.8 Å². The average Bonchev–Trinajstić information content (AvgIpc) is 3.52. The van der Waals surface area contributed by atoms with Gasteiger partial charge in [0.1, 0.15) is 23.6 Å². The van der Waals surface area contributed by atoms with Gasteiger partial charge < -0.3 is 20.5 Å². The molecule has 3 atom stereocenters. The number of alkyl halides is 3. The van der Waals surface area contributed by atoms with E-state index in [4.69, 9.17) is 10.00 Å². The Balaban J connectivity index is 1.73. The molecule has 1 aromatic heterocycles. The van der Waals surface area contributed by atoms with Gasteiger partial charge in [0, 0.05) is 7.05 Å². The first kappa shape index (κ1) is 25.3. The zero-order valence-electron chi connectivity index (χ0n) is 17.6. The molecule has 2 aromatic rings. The van der Waals surface area contributed by atoms with Crippen LogP contribution in [0.1, 0.15) is 28.5 Å². The zero-order valence-corrected chi connectivity index (χ0v) is 18.5.